The number of nitrogens with zero attached hydrogens (tertiary/aromatic N) is 2. The number of nitrogens with one attached hydrogen (secondary N) is 1. The van der Waals surface area contributed by atoms with E-state index in [0.717, 1.165) is 26.2 Å². The molecule has 0 aliphatic carbocycles. The van der Waals surface area contributed by atoms with Crippen LogP contribution < -0.4 is 5.32 Å². The first-order chi connectivity index (χ1) is 8.83. The average Bonchev–Trinajstić information content (AvgIpc) is 2.80. The second-order valence-corrected chi connectivity index (χ2v) is 5.57. The molecule has 3 rings (SSSR count). The van der Waals surface area contributed by atoms with Crippen molar-refractivity contribution in [3.8, 4) is 0 Å². The van der Waals surface area contributed by atoms with Gasteiger partial charge in [0.1, 0.15) is 0 Å². The molecule has 2 aliphatic heterocycles. The molecule has 2 aliphatic rings. The van der Waals surface area contributed by atoms with Crippen LogP contribution in [-0.2, 0) is 13.1 Å². The van der Waals surface area contributed by atoms with Crippen LogP contribution in [0, 0.1) is 0 Å². The van der Waals surface area contributed by atoms with Gasteiger partial charge in [0, 0.05) is 51.9 Å². The predicted octanol–water partition coefficient (Wildman–Crippen LogP) is 1.30. The molecule has 1 saturated heterocycles. The topological polar surface area (TPSA) is 18.5 Å². The Morgan fingerprint density at radius 1 is 1.17 bits per heavy atom. The first-order valence-electron chi connectivity index (χ1n) is 7.07. The maximum Gasteiger partial charge on any atom is 0.0241 e. The summed E-state index contributed by atoms with van der Waals surface area (Å²) in [6, 6.07) is 9.52. The van der Waals surface area contributed by atoms with E-state index in [9.17, 15) is 0 Å². The summed E-state index contributed by atoms with van der Waals surface area (Å²) >= 11 is 0. The first-order valence-corrected chi connectivity index (χ1v) is 7.07. The molecule has 18 heavy (non-hydrogen) atoms. The van der Waals surface area contributed by atoms with Crippen LogP contribution in [0.4, 0.5) is 0 Å². The molecule has 1 aromatic carbocycles. The van der Waals surface area contributed by atoms with Crippen molar-refractivity contribution in [2.45, 2.75) is 26.1 Å². The number of rotatable bonds is 3. The van der Waals surface area contributed by atoms with Gasteiger partial charge in [-0.15, -0.1) is 0 Å². The van der Waals surface area contributed by atoms with E-state index in [0.29, 0.717) is 6.04 Å². The van der Waals surface area contributed by atoms with E-state index in [1.54, 1.807) is 0 Å². The SMILES string of the molecule is CC1CNCCN1CCN1Cc2ccccc2C1. The van der Waals surface area contributed by atoms with Crippen LogP contribution in [0.1, 0.15) is 18.1 Å². The highest BCUT2D eigenvalue weighted by Crippen LogP contribution is 2.21. The highest BCUT2D eigenvalue weighted by molar-refractivity contribution is 5.30. The van der Waals surface area contributed by atoms with Crippen molar-refractivity contribution in [2.75, 3.05) is 32.7 Å². The zero-order valence-corrected chi connectivity index (χ0v) is 11.2. The molecule has 0 amide bonds. The van der Waals surface area contributed by atoms with Gasteiger partial charge in [-0.3, -0.25) is 9.80 Å². The quantitative estimate of drug-likeness (QED) is 0.866. The summed E-state index contributed by atoms with van der Waals surface area (Å²) in [4.78, 5) is 5.18. The van der Waals surface area contributed by atoms with Gasteiger partial charge >= 0.3 is 0 Å². The lowest BCUT2D eigenvalue weighted by atomic mass is 10.1. The van der Waals surface area contributed by atoms with E-state index in [1.807, 2.05) is 0 Å². The van der Waals surface area contributed by atoms with Crippen molar-refractivity contribution >= 4 is 0 Å². The maximum absolute atomic E-state index is 3.45. The molecule has 3 heteroatoms. The van der Waals surface area contributed by atoms with E-state index < -0.39 is 0 Å². The third-order valence-electron chi connectivity index (χ3n) is 4.25. The molecular weight excluding hydrogens is 222 g/mol. The highest BCUT2D eigenvalue weighted by Gasteiger charge is 2.21. The Morgan fingerprint density at radius 3 is 2.56 bits per heavy atom. The largest absolute Gasteiger partial charge is 0.314 e. The van der Waals surface area contributed by atoms with Crippen molar-refractivity contribution in [3.05, 3.63) is 35.4 Å². The molecule has 0 saturated carbocycles. The normalized spacial score (nSPS) is 25.3. The molecule has 1 N–H and O–H groups in total. The minimum Gasteiger partial charge on any atom is -0.314 e. The maximum atomic E-state index is 3.45. The average molecular weight is 245 g/mol. The van der Waals surface area contributed by atoms with Crippen LogP contribution in [0.3, 0.4) is 0 Å². The minimum absolute atomic E-state index is 0.684. The number of fused-ring (bicyclic) bond motifs is 1. The van der Waals surface area contributed by atoms with Gasteiger partial charge in [0.05, 0.1) is 0 Å². The van der Waals surface area contributed by atoms with Gasteiger partial charge in [0.25, 0.3) is 0 Å². The summed E-state index contributed by atoms with van der Waals surface area (Å²) in [5.74, 6) is 0. The van der Waals surface area contributed by atoms with E-state index in [2.05, 4.69) is 46.3 Å². The molecule has 1 aromatic rings. The summed E-state index contributed by atoms with van der Waals surface area (Å²) in [5, 5.41) is 3.45. The van der Waals surface area contributed by atoms with E-state index in [-0.39, 0.29) is 0 Å². The Kier molecular flexibility index (Phi) is 3.64. The van der Waals surface area contributed by atoms with Crippen LogP contribution in [0.15, 0.2) is 24.3 Å². The van der Waals surface area contributed by atoms with E-state index in [1.165, 1.54) is 30.8 Å². The van der Waals surface area contributed by atoms with Gasteiger partial charge in [0.2, 0.25) is 0 Å². The molecule has 3 nitrogen and oxygen atoms in total. The van der Waals surface area contributed by atoms with Gasteiger partial charge in [-0.1, -0.05) is 24.3 Å². The molecule has 1 unspecified atom stereocenters. The molecule has 0 spiro atoms. The van der Waals surface area contributed by atoms with Crippen LogP contribution in [0.5, 0.6) is 0 Å². The van der Waals surface area contributed by atoms with Gasteiger partial charge in [-0.2, -0.15) is 0 Å². The fraction of sp³-hybridized carbons (Fsp3) is 0.600. The minimum atomic E-state index is 0.684. The second kappa shape index (κ2) is 5.39. The van der Waals surface area contributed by atoms with Gasteiger partial charge in [-0.05, 0) is 18.1 Å². The Morgan fingerprint density at radius 2 is 1.89 bits per heavy atom. The van der Waals surface area contributed by atoms with Crippen LogP contribution in [-0.4, -0.2) is 48.6 Å². The number of hydrogen-bond donors (Lipinski definition) is 1. The standard InChI is InChI=1S/C15H23N3/c1-13-10-16-6-7-18(13)9-8-17-11-14-4-2-3-5-15(14)12-17/h2-5,13,16H,6-12H2,1H3. The number of hydrogen-bond acceptors (Lipinski definition) is 3. The monoisotopic (exact) mass is 245 g/mol. The first kappa shape index (κ1) is 12.2. The number of piperazine rings is 1. The smallest absolute Gasteiger partial charge is 0.0241 e. The Balaban J connectivity index is 1.51. The molecule has 98 valence electrons. The van der Waals surface area contributed by atoms with Crippen LogP contribution in [0.2, 0.25) is 0 Å². The van der Waals surface area contributed by atoms with Crippen molar-refractivity contribution in [1.29, 1.82) is 0 Å². The molecule has 0 bridgehead atoms. The Bertz CT molecular complexity index is 379. The van der Waals surface area contributed by atoms with Gasteiger partial charge in [0.15, 0.2) is 0 Å². The molecule has 2 heterocycles. The van der Waals surface area contributed by atoms with Crippen LogP contribution >= 0.6 is 0 Å². The summed E-state index contributed by atoms with van der Waals surface area (Å²) in [7, 11) is 0. The summed E-state index contributed by atoms with van der Waals surface area (Å²) in [5.41, 5.74) is 3.04. The lowest BCUT2D eigenvalue weighted by Gasteiger charge is -2.34. The lowest BCUT2D eigenvalue weighted by Crippen LogP contribution is -2.51. The zero-order valence-electron chi connectivity index (χ0n) is 11.2. The highest BCUT2D eigenvalue weighted by atomic mass is 15.2. The molecular formula is C15H23N3. The fourth-order valence-corrected chi connectivity index (χ4v) is 3.05. The van der Waals surface area contributed by atoms with Crippen molar-refractivity contribution in [1.82, 2.24) is 15.1 Å². The summed E-state index contributed by atoms with van der Waals surface area (Å²) in [6.07, 6.45) is 0. The molecule has 0 aromatic heterocycles. The Labute approximate surface area is 110 Å². The van der Waals surface area contributed by atoms with Gasteiger partial charge < -0.3 is 5.32 Å². The number of benzene rings is 1. The molecule has 1 atom stereocenters. The van der Waals surface area contributed by atoms with E-state index in [4.69, 9.17) is 0 Å². The molecule has 1 fully saturated rings. The lowest BCUT2D eigenvalue weighted by molar-refractivity contribution is 0.144. The zero-order chi connectivity index (χ0) is 12.4. The summed E-state index contributed by atoms with van der Waals surface area (Å²) < 4.78 is 0. The third-order valence-corrected chi connectivity index (χ3v) is 4.25. The van der Waals surface area contributed by atoms with Crippen LogP contribution in [0.25, 0.3) is 0 Å². The Hall–Kier alpha value is -0.900. The van der Waals surface area contributed by atoms with Crippen molar-refractivity contribution in [2.24, 2.45) is 0 Å². The summed E-state index contributed by atoms with van der Waals surface area (Å²) in [6.45, 7) is 10.5. The molecule has 0 radical (unpaired) electrons. The van der Waals surface area contributed by atoms with Crippen molar-refractivity contribution < 1.29 is 0 Å². The van der Waals surface area contributed by atoms with Crippen molar-refractivity contribution in [3.63, 3.8) is 0 Å². The van der Waals surface area contributed by atoms with E-state index >= 15 is 0 Å². The second-order valence-electron chi connectivity index (χ2n) is 5.57. The predicted molar refractivity (Wildman–Crippen MR) is 74.5 cm³/mol. The van der Waals surface area contributed by atoms with Gasteiger partial charge in [-0.25, -0.2) is 0 Å². The third kappa shape index (κ3) is 2.58. The fourth-order valence-electron chi connectivity index (χ4n) is 3.05.